The van der Waals surface area contributed by atoms with Crippen molar-refractivity contribution < 1.29 is 4.74 Å². The molecule has 6 heteroatoms. The number of rotatable bonds is 3. The number of ether oxygens (including phenoxy) is 1. The molecule has 3 aromatic rings. The third-order valence-electron chi connectivity index (χ3n) is 2.97. The molecule has 0 aliphatic carbocycles. The van der Waals surface area contributed by atoms with Crippen LogP contribution in [0.3, 0.4) is 0 Å². The zero-order valence-electron chi connectivity index (χ0n) is 10.4. The van der Waals surface area contributed by atoms with Crippen molar-refractivity contribution in [1.29, 1.82) is 5.41 Å². The van der Waals surface area contributed by atoms with E-state index in [1.807, 2.05) is 28.8 Å². The molecule has 3 rings (SSSR count). The number of hydrogen-bond donors (Lipinski definition) is 2. The van der Waals surface area contributed by atoms with Gasteiger partial charge in [-0.2, -0.15) is 0 Å². The molecule has 1 aromatic carbocycles. The molecule has 96 valence electrons. The highest BCUT2D eigenvalue weighted by Gasteiger charge is 2.05. The van der Waals surface area contributed by atoms with E-state index in [9.17, 15) is 0 Å². The first-order chi connectivity index (χ1) is 9.28. The summed E-state index contributed by atoms with van der Waals surface area (Å²) in [6.07, 6.45) is 3.21. The summed E-state index contributed by atoms with van der Waals surface area (Å²) < 4.78 is 7.04. The van der Waals surface area contributed by atoms with E-state index < -0.39 is 0 Å². The van der Waals surface area contributed by atoms with E-state index in [1.165, 1.54) is 0 Å². The minimum Gasteiger partial charge on any atom is -0.497 e. The average molecular weight is 255 g/mol. The Morgan fingerprint density at radius 1 is 1.26 bits per heavy atom. The SMILES string of the molecule is COc1ccc(Cn2cnc(=N)c3[nH]cnc32)cc1. The van der Waals surface area contributed by atoms with Crippen LogP contribution in [-0.2, 0) is 6.54 Å². The van der Waals surface area contributed by atoms with Crippen LogP contribution in [0.15, 0.2) is 36.9 Å². The smallest absolute Gasteiger partial charge is 0.173 e. The van der Waals surface area contributed by atoms with Gasteiger partial charge in [0, 0.05) is 0 Å². The number of aromatic amines is 1. The number of H-pyrrole nitrogens is 1. The number of fused-ring (bicyclic) bond motifs is 1. The molecule has 0 fully saturated rings. The van der Waals surface area contributed by atoms with Gasteiger partial charge in [-0.25, -0.2) is 9.97 Å². The normalized spacial score (nSPS) is 10.8. The topological polar surface area (TPSA) is 79.6 Å². The molecule has 0 aliphatic heterocycles. The number of imidazole rings is 1. The van der Waals surface area contributed by atoms with Crippen LogP contribution in [0.2, 0.25) is 0 Å². The Hall–Kier alpha value is -2.63. The fourth-order valence-corrected chi connectivity index (χ4v) is 1.97. The molecule has 2 N–H and O–H groups in total. The van der Waals surface area contributed by atoms with Gasteiger partial charge >= 0.3 is 0 Å². The largest absolute Gasteiger partial charge is 0.497 e. The van der Waals surface area contributed by atoms with Gasteiger partial charge in [0.2, 0.25) is 0 Å². The predicted octanol–water partition coefficient (Wildman–Crippen LogP) is 1.30. The molecule has 0 spiro atoms. The average Bonchev–Trinajstić information content (AvgIpc) is 2.93. The summed E-state index contributed by atoms with van der Waals surface area (Å²) in [6.45, 7) is 0.651. The van der Waals surface area contributed by atoms with Gasteiger partial charge in [0.05, 0.1) is 26.3 Å². The highest BCUT2D eigenvalue weighted by molar-refractivity contribution is 5.68. The number of aromatic nitrogens is 4. The summed E-state index contributed by atoms with van der Waals surface area (Å²) in [6, 6.07) is 7.84. The Morgan fingerprint density at radius 3 is 2.79 bits per heavy atom. The number of hydrogen-bond acceptors (Lipinski definition) is 4. The third kappa shape index (κ3) is 2.08. The second-order valence-electron chi connectivity index (χ2n) is 4.17. The van der Waals surface area contributed by atoms with E-state index in [2.05, 4.69) is 15.0 Å². The van der Waals surface area contributed by atoms with Gasteiger partial charge in [0.15, 0.2) is 11.1 Å². The van der Waals surface area contributed by atoms with E-state index in [4.69, 9.17) is 10.1 Å². The van der Waals surface area contributed by atoms with Gasteiger partial charge in [-0.1, -0.05) is 12.1 Å². The van der Waals surface area contributed by atoms with Gasteiger partial charge in [-0.15, -0.1) is 0 Å². The second kappa shape index (κ2) is 4.56. The molecule has 0 amide bonds. The molecule has 6 nitrogen and oxygen atoms in total. The van der Waals surface area contributed by atoms with Gasteiger partial charge in [-0.05, 0) is 17.7 Å². The van der Waals surface area contributed by atoms with Crippen molar-refractivity contribution in [3.05, 3.63) is 48.0 Å². The summed E-state index contributed by atoms with van der Waals surface area (Å²) >= 11 is 0. The first-order valence-corrected chi connectivity index (χ1v) is 5.84. The van der Waals surface area contributed by atoms with Crippen molar-refractivity contribution in [2.75, 3.05) is 7.11 Å². The third-order valence-corrected chi connectivity index (χ3v) is 2.97. The van der Waals surface area contributed by atoms with Crippen LogP contribution < -0.4 is 10.2 Å². The van der Waals surface area contributed by atoms with Crippen LogP contribution in [0.5, 0.6) is 5.75 Å². The molecule has 0 bridgehead atoms. The number of benzene rings is 1. The Kier molecular flexibility index (Phi) is 2.75. The summed E-state index contributed by atoms with van der Waals surface area (Å²) in [5, 5.41) is 7.70. The summed E-state index contributed by atoms with van der Waals surface area (Å²) in [7, 11) is 1.65. The minimum absolute atomic E-state index is 0.207. The summed E-state index contributed by atoms with van der Waals surface area (Å²) in [5.74, 6) is 0.832. The Morgan fingerprint density at radius 2 is 2.05 bits per heavy atom. The van der Waals surface area contributed by atoms with E-state index in [-0.39, 0.29) is 5.49 Å². The van der Waals surface area contributed by atoms with Crippen molar-refractivity contribution in [2.45, 2.75) is 6.54 Å². The highest BCUT2D eigenvalue weighted by Crippen LogP contribution is 2.13. The van der Waals surface area contributed by atoms with E-state index >= 15 is 0 Å². The zero-order chi connectivity index (χ0) is 13.2. The molecule has 0 aliphatic rings. The lowest BCUT2D eigenvalue weighted by Crippen LogP contribution is -2.13. The lowest BCUT2D eigenvalue weighted by atomic mass is 10.2. The Balaban J connectivity index is 1.98. The molecule has 2 aromatic heterocycles. The first-order valence-electron chi connectivity index (χ1n) is 5.84. The number of methoxy groups -OCH3 is 1. The monoisotopic (exact) mass is 255 g/mol. The lowest BCUT2D eigenvalue weighted by Gasteiger charge is -2.07. The molecule has 0 radical (unpaired) electrons. The second-order valence-corrected chi connectivity index (χ2v) is 4.17. The van der Waals surface area contributed by atoms with Crippen LogP contribution in [0.4, 0.5) is 0 Å². The predicted molar refractivity (Wildman–Crippen MR) is 69.8 cm³/mol. The number of nitrogens with zero attached hydrogens (tertiary/aromatic N) is 3. The molecule has 2 heterocycles. The van der Waals surface area contributed by atoms with Crippen molar-refractivity contribution in [3.63, 3.8) is 0 Å². The van der Waals surface area contributed by atoms with Crippen molar-refractivity contribution >= 4 is 11.2 Å². The van der Waals surface area contributed by atoms with E-state index in [0.29, 0.717) is 12.1 Å². The molecule has 19 heavy (non-hydrogen) atoms. The lowest BCUT2D eigenvalue weighted by molar-refractivity contribution is 0.414. The molecular formula is C13H13N5O. The molecule has 0 saturated heterocycles. The van der Waals surface area contributed by atoms with E-state index in [0.717, 1.165) is 17.0 Å². The van der Waals surface area contributed by atoms with Crippen LogP contribution in [0.1, 0.15) is 5.56 Å². The zero-order valence-corrected chi connectivity index (χ0v) is 10.4. The molecular weight excluding hydrogens is 242 g/mol. The van der Waals surface area contributed by atoms with Crippen LogP contribution >= 0.6 is 0 Å². The maximum Gasteiger partial charge on any atom is 0.173 e. The fourth-order valence-electron chi connectivity index (χ4n) is 1.97. The molecule has 0 unspecified atom stereocenters. The Labute approximate surface area is 109 Å². The van der Waals surface area contributed by atoms with Gasteiger partial charge in [0.25, 0.3) is 0 Å². The maximum absolute atomic E-state index is 7.70. The highest BCUT2D eigenvalue weighted by atomic mass is 16.5. The van der Waals surface area contributed by atoms with Crippen LogP contribution in [-0.4, -0.2) is 26.6 Å². The standard InChI is InChI=1S/C13H13N5O/c1-19-10-4-2-9(3-5-10)6-18-8-17-12(14)11-13(18)16-7-15-11/h2-5,7-8,14H,6H2,1H3,(H,15,16). The molecule has 0 saturated carbocycles. The molecule has 0 atom stereocenters. The van der Waals surface area contributed by atoms with Crippen molar-refractivity contribution in [2.24, 2.45) is 0 Å². The van der Waals surface area contributed by atoms with Crippen molar-refractivity contribution in [1.82, 2.24) is 19.5 Å². The van der Waals surface area contributed by atoms with Gasteiger partial charge in [-0.3, -0.25) is 5.41 Å². The fraction of sp³-hybridized carbons (Fsp3) is 0.154. The maximum atomic E-state index is 7.70. The van der Waals surface area contributed by atoms with Crippen molar-refractivity contribution in [3.8, 4) is 5.75 Å². The summed E-state index contributed by atoms with van der Waals surface area (Å²) in [5.41, 5.74) is 2.71. The first kappa shape index (κ1) is 11.5. The van der Waals surface area contributed by atoms with Crippen LogP contribution in [0, 0.1) is 5.41 Å². The van der Waals surface area contributed by atoms with Gasteiger partial charge in [0.1, 0.15) is 11.3 Å². The Bertz CT molecular complexity index is 757. The van der Waals surface area contributed by atoms with Gasteiger partial charge < -0.3 is 14.3 Å². The van der Waals surface area contributed by atoms with Crippen LogP contribution in [0.25, 0.3) is 11.2 Å². The summed E-state index contributed by atoms with van der Waals surface area (Å²) in [4.78, 5) is 11.2. The number of nitrogens with one attached hydrogen (secondary N) is 2. The quantitative estimate of drug-likeness (QED) is 0.740. The minimum atomic E-state index is 0.207. The van der Waals surface area contributed by atoms with E-state index in [1.54, 1.807) is 19.8 Å².